The number of nitrogens with zero attached hydrogens (tertiary/aromatic N) is 1. The van der Waals surface area contributed by atoms with E-state index in [0.29, 0.717) is 16.8 Å². The Bertz CT molecular complexity index is 662. The molecule has 20 heavy (non-hydrogen) atoms. The average molecular weight is 339 g/mol. The summed E-state index contributed by atoms with van der Waals surface area (Å²) in [6.07, 6.45) is 0. The van der Waals surface area contributed by atoms with Crippen LogP contribution in [0.25, 0.3) is 0 Å². The Morgan fingerprint density at radius 2 is 2.05 bits per heavy atom. The van der Waals surface area contributed by atoms with Crippen molar-refractivity contribution >= 4 is 27.3 Å². The van der Waals surface area contributed by atoms with Crippen LogP contribution in [0.5, 0.6) is 0 Å². The van der Waals surface area contributed by atoms with Crippen molar-refractivity contribution in [1.29, 1.82) is 0 Å². The van der Waals surface area contributed by atoms with E-state index in [0.717, 1.165) is 4.47 Å². The fourth-order valence-corrected chi connectivity index (χ4v) is 2.18. The summed E-state index contributed by atoms with van der Waals surface area (Å²) in [7, 11) is 0. The van der Waals surface area contributed by atoms with Crippen molar-refractivity contribution in [1.82, 2.24) is 0 Å². The van der Waals surface area contributed by atoms with E-state index in [9.17, 15) is 14.5 Å². The third-order valence-electron chi connectivity index (χ3n) is 2.89. The highest BCUT2D eigenvalue weighted by molar-refractivity contribution is 9.10. The van der Waals surface area contributed by atoms with Gasteiger partial charge in [0.25, 0.3) is 5.69 Å². The van der Waals surface area contributed by atoms with Crippen molar-refractivity contribution in [3.8, 4) is 0 Å². The third kappa shape index (κ3) is 3.33. The van der Waals surface area contributed by atoms with E-state index in [2.05, 4.69) is 21.2 Å². The van der Waals surface area contributed by atoms with Crippen LogP contribution in [0.2, 0.25) is 0 Å². The zero-order valence-electron chi connectivity index (χ0n) is 10.7. The predicted molar refractivity (Wildman–Crippen MR) is 79.3 cm³/mol. The number of hydrogen-bond acceptors (Lipinski definition) is 3. The number of nitro groups is 1. The summed E-state index contributed by atoms with van der Waals surface area (Å²) in [6.45, 7) is 1.93. The van der Waals surface area contributed by atoms with E-state index in [1.54, 1.807) is 31.2 Å². The van der Waals surface area contributed by atoms with Gasteiger partial charge in [0.1, 0.15) is 5.82 Å². The SMILES string of the molecule is Cc1ccc(NCc2cc(Br)ccc2[N+](=O)[O-])cc1F. The molecule has 104 valence electrons. The Labute approximate surface area is 123 Å². The van der Waals surface area contributed by atoms with E-state index in [-0.39, 0.29) is 18.0 Å². The number of halogens is 2. The molecule has 0 unspecified atom stereocenters. The zero-order valence-corrected chi connectivity index (χ0v) is 12.3. The number of hydrogen-bond donors (Lipinski definition) is 1. The topological polar surface area (TPSA) is 55.2 Å². The minimum atomic E-state index is -0.431. The molecule has 2 aromatic carbocycles. The standard InChI is InChI=1S/C14H12BrFN2O2/c1-9-2-4-12(7-13(9)16)17-8-10-6-11(15)3-5-14(10)18(19)20/h2-7,17H,8H2,1H3. The highest BCUT2D eigenvalue weighted by Crippen LogP contribution is 2.24. The van der Waals surface area contributed by atoms with Gasteiger partial charge in [0.15, 0.2) is 0 Å². The Kier molecular flexibility index (Phi) is 4.34. The highest BCUT2D eigenvalue weighted by atomic mass is 79.9. The molecular weight excluding hydrogens is 327 g/mol. The summed E-state index contributed by atoms with van der Waals surface area (Å²) < 4.78 is 14.2. The van der Waals surface area contributed by atoms with Crippen LogP contribution < -0.4 is 5.32 Å². The molecule has 0 fully saturated rings. The van der Waals surface area contributed by atoms with Gasteiger partial charge in [-0.25, -0.2) is 4.39 Å². The molecule has 0 aromatic heterocycles. The van der Waals surface area contributed by atoms with Crippen molar-refractivity contribution in [2.45, 2.75) is 13.5 Å². The molecule has 6 heteroatoms. The van der Waals surface area contributed by atoms with Gasteiger partial charge in [-0.2, -0.15) is 0 Å². The first-order valence-corrected chi connectivity index (χ1v) is 6.69. The minimum Gasteiger partial charge on any atom is -0.381 e. The fraction of sp³-hybridized carbons (Fsp3) is 0.143. The number of anilines is 1. The third-order valence-corrected chi connectivity index (χ3v) is 3.39. The average Bonchev–Trinajstić information content (AvgIpc) is 2.40. The lowest BCUT2D eigenvalue weighted by Crippen LogP contribution is -2.03. The lowest BCUT2D eigenvalue weighted by molar-refractivity contribution is -0.385. The molecule has 2 aromatic rings. The van der Waals surface area contributed by atoms with Gasteiger partial charge in [0.05, 0.1) is 4.92 Å². The lowest BCUT2D eigenvalue weighted by atomic mass is 10.1. The molecule has 0 saturated carbocycles. The summed E-state index contributed by atoms with van der Waals surface area (Å²) in [4.78, 5) is 10.5. The van der Waals surface area contributed by atoms with Gasteiger partial charge in [0.2, 0.25) is 0 Å². The molecule has 2 rings (SSSR count). The first-order valence-electron chi connectivity index (χ1n) is 5.90. The van der Waals surface area contributed by atoms with Gasteiger partial charge in [0, 0.05) is 28.3 Å². The number of benzene rings is 2. The first kappa shape index (κ1) is 14.5. The Morgan fingerprint density at radius 1 is 1.30 bits per heavy atom. The minimum absolute atomic E-state index is 0.0354. The molecule has 0 atom stereocenters. The van der Waals surface area contributed by atoms with Crippen LogP contribution in [0, 0.1) is 22.9 Å². The molecule has 4 nitrogen and oxygen atoms in total. The van der Waals surface area contributed by atoms with Crippen molar-refractivity contribution in [2.24, 2.45) is 0 Å². The maximum absolute atomic E-state index is 13.4. The summed E-state index contributed by atoms with van der Waals surface area (Å²) in [6, 6.07) is 9.51. The first-order chi connectivity index (χ1) is 9.47. The van der Waals surface area contributed by atoms with Crippen LogP contribution in [0.15, 0.2) is 40.9 Å². The molecule has 0 aliphatic carbocycles. The molecule has 0 bridgehead atoms. The molecule has 0 aliphatic heterocycles. The predicted octanol–water partition coefficient (Wildman–Crippen LogP) is 4.42. The smallest absolute Gasteiger partial charge is 0.274 e. The Balaban J connectivity index is 2.20. The number of nitrogens with one attached hydrogen (secondary N) is 1. The van der Waals surface area contributed by atoms with E-state index >= 15 is 0 Å². The van der Waals surface area contributed by atoms with Gasteiger partial charge in [-0.15, -0.1) is 0 Å². The second-order valence-corrected chi connectivity index (χ2v) is 5.26. The van der Waals surface area contributed by atoms with Gasteiger partial charge in [-0.1, -0.05) is 22.0 Å². The Morgan fingerprint density at radius 3 is 2.70 bits per heavy atom. The van der Waals surface area contributed by atoms with Gasteiger partial charge >= 0.3 is 0 Å². The largest absolute Gasteiger partial charge is 0.381 e. The van der Waals surface area contributed by atoms with Crippen molar-refractivity contribution in [3.05, 3.63) is 67.9 Å². The van der Waals surface area contributed by atoms with Crippen LogP contribution in [0.4, 0.5) is 15.8 Å². The zero-order chi connectivity index (χ0) is 14.7. The molecular formula is C14H12BrFN2O2. The molecule has 0 amide bonds. The van der Waals surface area contributed by atoms with Crippen molar-refractivity contribution in [2.75, 3.05) is 5.32 Å². The van der Waals surface area contributed by atoms with E-state index in [1.807, 2.05) is 0 Å². The van der Waals surface area contributed by atoms with Crippen LogP contribution in [-0.2, 0) is 6.54 Å². The van der Waals surface area contributed by atoms with Crippen molar-refractivity contribution < 1.29 is 9.31 Å². The fourth-order valence-electron chi connectivity index (χ4n) is 1.77. The molecule has 1 N–H and O–H groups in total. The van der Waals surface area contributed by atoms with Crippen molar-refractivity contribution in [3.63, 3.8) is 0 Å². The molecule has 0 aliphatic rings. The lowest BCUT2D eigenvalue weighted by Gasteiger charge is -2.08. The van der Waals surface area contributed by atoms with Gasteiger partial charge in [-0.3, -0.25) is 10.1 Å². The number of aryl methyl sites for hydroxylation is 1. The van der Waals surface area contributed by atoms with Crippen LogP contribution >= 0.6 is 15.9 Å². The second kappa shape index (κ2) is 6.00. The molecule has 0 radical (unpaired) electrons. The Hall–Kier alpha value is -1.95. The van der Waals surface area contributed by atoms with Crippen LogP contribution in [0.1, 0.15) is 11.1 Å². The van der Waals surface area contributed by atoms with Gasteiger partial charge < -0.3 is 5.32 Å². The van der Waals surface area contributed by atoms with E-state index in [4.69, 9.17) is 0 Å². The number of rotatable bonds is 4. The highest BCUT2D eigenvalue weighted by Gasteiger charge is 2.13. The number of nitro benzene ring substituents is 1. The van der Waals surface area contributed by atoms with Crippen LogP contribution in [0.3, 0.4) is 0 Å². The summed E-state index contributed by atoms with van der Waals surface area (Å²) in [5, 5.41) is 13.9. The monoisotopic (exact) mass is 338 g/mol. The molecule has 0 heterocycles. The summed E-state index contributed by atoms with van der Waals surface area (Å²) in [5.74, 6) is -0.307. The summed E-state index contributed by atoms with van der Waals surface area (Å²) in [5.41, 5.74) is 1.71. The molecule has 0 spiro atoms. The maximum atomic E-state index is 13.4. The normalized spacial score (nSPS) is 10.3. The maximum Gasteiger partial charge on any atom is 0.274 e. The van der Waals surface area contributed by atoms with E-state index < -0.39 is 4.92 Å². The van der Waals surface area contributed by atoms with Gasteiger partial charge in [-0.05, 0) is 36.8 Å². The molecule has 0 saturated heterocycles. The second-order valence-electron chi connectivity index (χ2n) is 4.35. The summed E-state index contributed by atoms with van der Waals surface area (Å²) >= 11 is 3.28. The van der Waals surface area contributed by atoms with E-state index in [1.165, 1.54) is 12.1 Å². The quantitative estimate of drug-likeness (QED) is 0.663. The van der Waals surface area contributed by atoms with Crippen LogP contribution in [-0.4, -0.2) is 4.92 Å².